The molecule has 1 saturated carbocycles. The predicted octanol–water partition coefficient (Wildman–Crippen LogP) is 4.06. The highest BCUT2D eigenvalue weighted by molar-refractivity contribution is 7.93. The summed E-state index contributed by atoms with van der Waals surface area (Å²) in [5, 5.41) is 4.23. The summed E-state index contributed by atoms with van der Waals surface area (Å²) in [5.74, 6) is 0.929. The van der Waals surface area contributed by atoms with Gasteiger partial charge in [0.25, 0.3) is 15.9 Å². The summed E-state index contributed by atoms with van der Waals surface area (Å²) in [6.45, 7) is 7.48. The van der Waals surface area contributed by atoms with Crippen molar-refractivity contribution in [2.24, 2.45) is 5.92 Å². The minimum atomic E-state index is -4.28. The average Bonchev–Trinajstić information content (AvgIpc) is 3.44. The van der Waals surface area contributed by atoms with Crippen molar-refractivity contribution in [3.8, 4) is 22.8 Å². The normalized spacial score (nSPS) is 24.2. The molecule has 1 spiro atoms. The van der Waals surface area contributed by atoms with Crippen molar-refractivity contribution in [2.75, 3.05) is 56.6 Å². The topological polar surface area (TPSA) is 123 Å². The van der Waals surface area contributed by atoms with Gasteiger partial charge in [-0.15, -0.1) is 0 Å². The van der Waals surface area contributed by atoms with Crippen LogP contribution in [0.5, 0.6) is 11.5 Å². The second-order valence-corrected chi connectivity index (χ2v) is 13.7. The lowest BCUT2D eigenvalue weighted by Crippen LogP contribution is -2.44. The van der Waals surface area contributed by atoms with Crippen molar-refractivity contribution in [3.05, 3.63) is 47.0 Å². The Balaban J connectivity index is 1.24. The Hall–Kier alpha value is -3.77. The van der Waals surface area contributed by atoms with Gasteiger partial charge in [0.1, 0.15) is 11.5 Å². The van der Waals surface area contributed by atoms with Gasteiger partial charge in [-0.3, -0.25) is 9.52 Å². The number of anilines is 2. The van der Waals surface area contributed by atoms with Crippen molar-refractivity contribution in [3.63, 3.8) is 0 Å². The number of morpholine rings is 1. The van der Waals surface area contributed by atoms with Crippen LogP contribution in [0.1, 0.15) is 48.2 Å². The molecule has 228 valence electrons. The van der Waals surface area contributed by atoms with Crippen LogP contribution in [0.25, 0.3) is 11.3 Å². The maximum Gasteiger partial charge on any atom is 0.270 e. The van der Waals surface area contributed by atoms with Gasteiger partial charge in [-0.2, -0.15) is 0 Å². The van der Waals surface area contributed by atoms with Gasteiger partial charge in [0.2, 0.25) is 0 Å². The van der Waals surface area contributed by atoms with Gasteiger partial charge in [-0.25, -0.2) is 8.42 Å². The second-order valence-electron chi connectivity index (χ2n) is 12.1. The van der Waals surface area contributed by atoms with Crippen LogP contribution >= 0.6 is 0 Å². The zero-order valence-corrected chi connectivity index (χ0v) is 25.6. The van der Waals surface area contributed by atoms with Crippen molar-refractivity contribution in [1.82, 2.24) is 10.1 Å². The molecule has 2 saturated heterocycles. The van der Waals surface area contributed by atoms with E-state index < -0.39 is 10.0 Å². The summed E-state index contributed by atoms with van der Waals surface area (Å²) in [4.78, 5) is 17.1. The van der Waals surface area contributed by atoms with Gasteiger partial charge < -0.3 is 28.5 Å². The number of nitrogens with zero attached hydrogens (tertiary/aromatic N) is 3. The zero-order valence-electron chi connectivity index (χ0n) is 24.8. The molecule has 12 heteroatoms. The number of hydrogen-bond acceptors (Lipinski definition) is 9. The minimum Gasteiger partial charge on any atom is -0.495 e. The average molecular weight is 609 g/mol. The fourth-order valence-corrected chi connectivity index (χ4v) is 8.17. The Labute approximate surface area is 251 Å². The van der Waals surface area contributed by atoms with Crippen LogP contribution in [0, 0.1) is 5.92 Å². The summed E-state index contributed by atoms with van der Waals surface area (Å²) in [5.41, 5.74) is 4.28. The highest BCUT2D eigenvalue weighted by atomic mass is 32.2. The van der Waals surface area contributed by atoms with E-state index in [0.717, 1.165) is 36.3 Å². The smallest absolute Gasteiger partial charge is 0.270 e. The van der Waals surface area contributed by atoms with E-state index in [4.69, 9.17) is 18.7 Å². The second kappa shape index (κ2) is 10.2. The molecule has 3 heterocycles. The fourth-order valence-electron chi connectivity index (χ4n) is 6.84. The van der Waals surface area contributed by atoms with Crippen LogP contribution in [-0.4, -0.2) is 77.5 Å². The number of hydrogen-bond donors (Lipinski definition) is 1. The first kappa shape index (κ1) is 28.0. The number of carbonyl (C=O) groups excluding carboxylic acids is 1. The van der Waals surface area contributed by atoms with Crippen molar-refractivity contribution in [2.45, 2.75) is 49.5 Å². The number of ether oxygens (including phenoxy) is 3. The van der Waals surface area contributed by atoms with Crippen LogP contribution in [0.15, 0.2) is 39.8 Å². The van der Waals surface area contributed by atoms with Crippen LogP contribution in [0.2, 0.25) is 0 Å². The molecule has 2 aliphatic heterocycles. The molecule has 1 N–H and O–H groups in total. The molecule has 2 aliphatic carbocycles. The van der Waals surface area contributed by atoms with Gasteiger partial charge in [0.15, 0.2) is 16.5 Å². The van der Waals surface area contributed by atoms with Crippen molar-refractivity contribution < 1.29 is 31.9 Å². The van der Waals surface area contributed by atoms with Gasteiger partial charge in [-0.1, -0.05) is 18.1 Å². The fraction of sp³-hybridized carbons (Fsp3) is 0.484. The lowest BCUT2D eigenvalue weighted by molar-refractivity contribution is -0.0124. The lowest BCUT2D eigenvalue weighted by Gasteiger charge is -2.34. The molecule has 3 atom stereocenters. The Morgan fingerprint density at radius 2 is 1.81 bits per heavy atom. The maximum absolute atomic E-state index is 14.0. The van der Waals surface area contributed by atoms with Gasteiger partial charge >= 0.3 is 0 Å². The Morgan fingerprint density at radius 3 is 2.42 bits per heavy atom. The van der Waals surface area contributed by atoms with E-state index in [1.807, 2.05) is 6.92 Å². The molecule has 7 rings (SSSR count). The largest absolute Gasteiger partial charge is 0.495 e. The summed E-state index contributed by atoms with van der Waals surface area (Å²) >= 11 is 0. The van der Waals surface area contributed by atoms with Gasteiger partial charge in [0.05, 0.1) is 26.9 Å². The van der Waals surface area contributed by atoms with E-state index in [1.165, 1.54) is 38.3 Å². The molecule has 0 bridgehead atoms. The monoisotopic (exact) mass is 608 g/mol. The molecular weight excluding hydrogens is 572 g/mol. The van der Waals surface area contributed by atoms with E-state index in [1.54, 1.807) is 4.90 Å². The van der Waals surface area contributed by atoms with E-state index in [9.17, 15) is 13.2 Å². The first-order valence-electron chi connectivity index (χ1n) is 14.7. The quantitative estimate of drug-likeness (QED) is 0.423. The summed E-state index contributed by atoms with van der Waals surface area (Å²) in [6.07, 6.45) is 2.72. The summed E-state index contributed by atoms with van der Waals surface area (Å²) in [6, 6.07) is 9.42. The maximum atomic E-state index is 14.0. The van der Waals surface area contributed by atoms with Crippen LogP contribution in [0.4, 0.5) is 11.5 Å². The number of amides is 1. The minimum absolute atomic E-state index is 0.00862. The first-order chi connectivity index (χ1) is 20.6. The van der Waals surface area contributed by atoms with Crippen LogP contribution in [-0.2, 0) is 26.6 Å². The number of rotatable bonds is 7. The number of carbonyl (C=O) groups is 1. The van der Waals surface area contributed by atoms with Gasteiger partial charge in [0, 0.05) is 54.0 Å². The number of methoxy groups -OCH3 is 2. The van der Waals surface area contributed by atoms with E-state index >= 15 is 0 Å². The van der Waals surface area contributed by atoms with Gasteiger partial charge in [-0.05, 0) is 61.9 Å². The molecule has 2 aromatic carbocycles. The third-order valence-electron chi connectivity index (χ3n) is 9.48. The van der Waals surface area contributed by atoms with Crippen LogP contribution in [0.3, 0.4) is 0 Å². The van der Waals surface area contributed by atoms with Crippen molar-refractivity contribution in [1.29, 1.82) is 0 Å². The number of fused-ring (bicyclic) bond motifs is 4. The molecule has 0 unspecified atom stereocenters. The molecule has 11 nitrogen and oxygen atoms in total. The summed E-state index contributed by atoms with van der Waals surface area (Å²) < 4.78 is 53.1. The molecule has 1 aromatic heterocycles. The van der Waals surface area contributed by atoms with E-state index in [-0.39, 0.29) is 45.2 Å². The van der Waals surface area contributed by atoms with Crippen LogP contribution < -0.4 is 19.1 Å². The summed E-state index contributed by atoms with van der Waals surface area (Å²) in [7, 11) is -1.55. The lowest BCUT2D eigenvalue weighted by atomic mass is 9.77. The molecule has 43 heavy (non-hydrogen) atoms. The molecule has 3 fully saturated rings. The molecule has 1 amide bonds. The highest BCUT2D eigenvalue weighted by Gasteiger charge is 2.56. The Morgan fingerprint density at radius 1 is 1.09 bits per heavy atom. The molecule has 3 aromatic rings. The molecule has 0 radical (unpaired) electrons. The SMILES string of the molecule is COc1cc(C(=O)N2CCO[C@@H](C)C2)cc(OC)c1S(=O)(=O)Nc1noc2c1C[C@@]1(C[C@@H]1C)c1ccc(N3CCC3)cc1-2. The van der Waals surface area contributed by atoms with E-state index in [2.05, 4.69) is 39.9 Å². The third-order valence-corrected chi connectivity index (χ3v) is 10.9. The standard InChI is InChI=1S/C31H36N4O7S/c1-18-15-31(18)16-23-27(22-14-21(6-7-24(22)31)34-8-5-9-34)42-32-29(23)33-43(37,38)28-25(39-3)12-20(13-26(28)40-4)30(36)35-10-11-41-19(2)17-35/h6-7,12-14,18-19H,5,8-11,15-17H2,1-4H3,(H,32,33)/t18-,19-,31+/m0/s1. The number of nitrogens with one attached hydrogen (secondary N) is 1. The number of benzene rings is 2. The number of sulfonamides is 1. The number of aromatic nitrogens is 1. The van der Waals surface area contributed by atoms with E-state index in [0.29, 0.717) is 37.8 Å². The predicted molar refractivity (Wildman–Crippen MR) is 160 cm³/mol. The first-order valence-corrected chi connectivity index (χ1v) is 16.2. The molecular formula is C31H36N4O7S. The third kappa shape index (κ3) is 4.53. The Bertz CT molecular complexity index is 1690. The molecule has 4 aliphatic rings. The highest BCUT2D eigenvalue weighted by Crippen LogP contribution is 2.62. The zero-order chi connectivity index (χ0) is 30.1. The van der Waals surface area contributed by atoms with Crippen molar-refractivity contribution >= 4 is 27.4 Å². The Kier molecular flexibility index (Phi) is 6.62.